The Hall–Kier alpha value is -2.82. The van der Waals surface area contributed by atoms with Gasteiger partial charge in [-0.1, -0.05) is 30.3 Å². The van der Waals surface area contributed by atoms with Crippen LogP contribution in [0.15, 0.2) is 53.5 Å². The molecule has 2 rings (SSSR count). The predicted molar refractivity (Wildman–Crippen MR) is 88.0 cm³/mol. The average Bonchev–Trinajstić information content (AvgIpc) is 2.56. The number of aromatic nitrogens is 1. The van der Waals surface area contributed by atoms with Crippen molar-refractivity contribution in [3.8, 4) is 0 Å². The highest BCUT2D eigenvalue weighted by Gasteiger charge is 2.17. The van der Waals surface area contributed by atoms with Crippen LogP contribution in [0.4, 0.5) is 0 Å². The van der Waals surface area contributed by atoms with Crippen molar-refractivity contribution in [2.75, 3.05) is 14.2 Å². The van der Waals surface area contributed by atoms with Crippen LogP contribution in [0.5, 0.6) is 0 Å². The van der Waals surface area contributed by atoms with Gasteiger partial charge in [-0.05, 0) is 24.1 Å². The summed E-state index contributed by atoms with van der Waals surface area (Å²) in [4.78, 5) is 24.1. The van der Waals surface area contributed by atoms with Crippen molar-refractivity contribution in [3.05, 3.63) is 75.9 Å². The Morgan fingerprint density at radius 1 is 1.13 bits per heavy atom. The highest BCUT2D eigenvalue weighted by molar-refractivity contribution is 6.16. The molecular formula is C18H19NO4. The summed E-state index contributed by atoms with van der Waals surface area (Å²) in [5, 5.41) is 0. The van der Waals surface area contributed by atoms with Crippen LogP contribution in [0.2, 0.25) is 0 Å². The molecular weight excluding hydrogens is 294 g/mol. The molecule has 0 fully saturated rings. The van der Waals surface area contributed by atoms with E-state index in [0.29, 0.717) is 17.7 Å². The third-order valence-electron chi connectivity index (χ3n) is 3.55. The molecule has 0 saturated heterocycles. The van der Waals surface area contributed by atoms with Crippen LogP contribution in [0.1, 0.15) is 16.8 Å². The second-order valence-corrected chi connectivity index (χ2v) is 5.01. The van der Waals surface area contributed by atoms with Crippen molar-refractivity contribution in [2.24, 2.45) is 0 Å². The number of methoxy groups -OCH3 is 2. The lowest BCUT2D eigenvalue weighted by Crippen LogP contribution is -2.22. The fourth-order valence-corrected chi connectivity index (χ4v) is 2.37. The summed E-state index contributed by atoms with van der Waals surface area (Å²) in [6.45, 7) is 2.23. The molecule has 0 unspecified atom stereocenters. The summed E-state index contributed by atoms with van der Waals surface area (Å²) in [5.41, 5.74) is 2.58. The molecule has 1 aromatic heterocycles. The molecule has 0 aliphatic heterocycles. The van der Waals surface area contributed by atoms with Gasteiger partial charge in [0.2, 0.25) is 0 Å². The molecule has 0 saturated carbocycles. The average molecular weight is 313 g/mol. The first-order chi connectivity index (χ1) is 11.1. The van der Waals surface area contributed by atoms with Crippen LogP contribution in [-0.4, -0.2) is 24.8 Å². The number of carbonyl (C=O) groups excluding carboxylic acids is 1. The largest absolute Gasteiger partial charge is 0.503 e. The topological polar surface area (TPSA) is 57.5 Å². The molecule has 0 aliphatic rings. The summed E-state index contributed by atoms with van der Waals surface area (Å²) >= 11 is 0. The van der Waals surface area contributed by atoms with E-state index in [-0.39, 0.29) is 5.56 Å². The standard InChI is InChI=1S/C18H19NO4/c1-13-7-6-10-17(20)19(13)11-14-8-4-5-9-15(14)16(12-22-2)18(21)23-3/h4-10,12H,11H2,1-3H3. The van der Waals surface area contributed by atoms with E-state index in [0.717, 1.165) is 11.3 Å². The Labute approximate surface area is 134 Å². The van der Waals surface area contributed by atoms with Crippen molar-refractivity contribution in [1.29, 1.82) is 0 Å². The van der Waals surface area contributed by atoms with Crippen molar-refractivity contribution >= 4 is 11.5 Å². The summed E-state index contributed by atoms with van der Waals surface area (Å²) < 4.78 is 11.5. The first-order valence-electron chi connectivity index (χ1n) is 7.14. The molecule has 120 valence electrons. The summed E-state index contributed by atoms with van der Waals surface area (Å²) in [7, 11) is 2.79. The molecule has 0 aliphatic carbocycles. The molecule has 0 radical (unpaired) electrons. The van der Waals surface area contributed by atoms with Crippen LogP contribution < -0.4 is 5.56 Å². The number of hydrogen-bond acceptors (Lipinski definition) is 4. The first kappa shape index (κ1) is 16.5. The minimum atomic E-state index is -0.489. The normalized spacial score (nSPS) is 11.2. The predicted octanol–water partition coefficient (Wildman–Crippen LogP) is 2.37. The van der Waals surface area contributed by atoms with Gasteiger partial charge in [0.15, 0.2) is 0 Å². The van der Waals surface area contributed by atoms with Crippen molar-refractivity contribution in [3.63, 3.8) is 0 Å². The van der Waals surface area contributed by atoms with Gasteiger partial charge in [-0.3, -0.25) is 4.79 Å². The smallest absolute Gasteiger partial charge is 0.341 e. The number of aryl methyl sites for hydroxylation is 1. The van der Waals surface area contributed by atoms with E-state index < -0.39 is 5.97 Å². The molecule has 0 N–H and O–H groups in total. The third-order valence-corrected chi connectivity index (χ3v) is 3.55. The molecule has 2 aromatic rings. The number of hydrogen-bond donors (Lipinski definition) is 0. The molecule has 5 nitrogen and oxygen atoms in total. The Morgan fingerprint density at radius 2 is 1.87 bits per heavy atom. The van der Waals surface area contributed by atoms with E-state index in [2.05, 4.69) is 0 Å². The van der Waals surface area contributed by atoms with Crippen molar-refractivity contribution in [2.45, 2.75) is 13.5 Å². The highest BCUT2D eigenvalue weighted by Crippen LogP contribution is 2.21. The van der Waals surface area contributed by atoms with Gasteiger partial charge < -0.3 is 14.0 Å². The van der Waals surface area contributed by atoms with Gasteiger partial charge >= 0.3 is 5.97 Å². The molecule has 0 bridgehead atoms. The number of benzene rings is 1. The van der Waals surface area contributed by atoms with Crippen LogP contribution in [-0.2, 0) is 20.8 Å². The fraction of sp³-hybridized carbons (Fsp3) is 0.222. The van der Waals surface area contributed by atoms with Crippen molar-refractivity contribution < 1.29 is 14.3 Å². The maximum absolute atomic E-state index is 12.1. The zero-order chi connectivity index (χ0) is 16.8. The number of esters is 1. The van der Waals surface area contributed by atoms with Gasteiger partial charge in [0.1, 0.15) is 5.57 Å². The highest BCUT2D eigenvalue weighted by atomic mass is 16.5. The lowest BCUT2D eigenvalue weighted by atomic mass is 10.00. The number of rotatable bonds is 5. The van der Waals surface area contributed by atoms with E-state index in [1.807, 2.05) is 31.2 Å². The SMILES string of the molecule is COC=C(C(=O)OC)c1ccccc1Cn1c(C)cccc1=O. The lowest BCUT2D eigenvalue weighted by molar-refractivity contribution is -0.133. The zero-order valence-corrected chi connectivity index (χ0v) is 13.4. The van der Waals surface area contributed by atoms with Crippen LogP contribution in [0.3, 0.4) is 0 Å². The second kappa shape index (κ2) is 7.45. The number of pyridine rings is 1. The molecule has 23 heavy (non-hydrogen) atoms. The van der Waals surface area contributed by atoms with E-state index >= 15 is 0 Å². The van der Waals surface area contributed by atoms with E-state index in [9.17, 15) is 9.59 Å². The molecule has 1 aromatic carbocycles. The number of nitrogens with zero attached hydrogens (tertiary/aromatic N) is 1. The van der Waals surface area contributed by atoms with Gasteiger partial charge in [0.05, 0.1) is 27.0 Å². The minimum Gasteiger partial charge on any atom is -0.503 e. The monoisotopic (exact) mass is 313 g/mol. The summed E-state index contributed by atoms with van der Waals surface area (Å²) in [6, 6.07) is 12.5. The minimum absolute atomic E-state index is 0.0878. The van der Waals surface area contributed by atoms with Gasteiger partial charge in [0.25, 0.3) is 5.56 Å². The quantitative estimate of drug-likeness (QED) is 0.483. The molecule has 1 heterocycles. The Balaban J connectivity index is 2.51. The van der Waals surface area contributed by atoms with Crippen LogP contribution >= 0.6 is 0 Å². The maximum atomic E-state index is 12.1. The van der Waals surface area contributed by atoms with Crippen LogP contribution in [0, 0.1) is 6.92 Å². The molecule has 5 heteroatoms. The third kappa shape index (κ3) is 3.69. The fourth-order valence-electron chi connectivity index (χ4n) is 2.37. The van der Waals surface area contributed by atoms with Crippen LogP contribution in [0.25, 0.3) is 5.57 Å². The van der Waals surface area contributed by atoms with Crippen molar-refractivity contribution in [1.82, 2.24) is 4.57 Å². The lowest BCUT2D eigenvalue weighted by Gasteiger charge is -2.14. The number of ether oxygens (including phenoxy) is 2. The molecule has 0 atom stereocenters. The Morgan fingerprint density at radius 3 is 2.52 bits per heavy atom. The molecule has 0 spiro atoms. The van der Waals surface area contributed by atoms with E-state index in [1.165, 1.54) is 26.5 Å². The molecule has 0 amide bonds. The Kier molecular flexibility index (Phi) is 5.36. The van der Waals surface area contributed by atoms with E-state index in [4.69, 9.17) is 9.47 Å². The second-order valence-electron chi connectivity index (χ2n) is 5.01. The Bertz CT molecular complexity index is 790. The number of carbonyl (C=O) groups is 1. The summed E-state index contributed by atoms with van der Waals surface area (Å²) in [6.07, 6.45) is 1.35. The maximum Gasteiger partial charge on any atom is 0.341 e. The summed E-state index contributed by atoms with van der Waals surface area (Å²) in [5.74, 6) is -0.489. The first-order valence-corrected chi connectivity index (χ1v) is 7.14. The van der Waals surface area contributed by atoms with Gasteiger partial charge in [-0.25, -0.2) is 4.79 Å². The van der Waals surface area contributed by atoms with Gasteiger partial charge in [0, 0.05) is 11.8 Å². The van der Waals surface area contributed by atoms with E-state index in [1.54, 1.807) is 16.7 Å². The zero-order valence-electron chi connectivity index (χ0n) is 13.4. The van der Waals surface area contributed by atoms with Gasteiger partial charge in [-0.2, -0.15) is 0 Å². The van der Waals surface area contributed by atoms with Gasteiger partial charge in [-0.15, -0.1) is 0 Å².